The summed E-state index contributed by atoms with van der Waals surface area (Å²) < 4.78 is 26.8. The number of carbonyl (C=O) groups excluding carboxylic acids is 2. The van der Waals surface area contributed by atoms with Gasteiger partial charge in [0.2, 0.25) is 6.29 Å². The van der Waals surface area contributed by atoms with Crippen molar-refractivity contribution in [1.82, 2.24) is 0 Å². The first-order valence-electron chi connectivity index (χ1n) is 11.8. The molecule has 3 rings (SSSR count). The Morgan fingerprint density at radius 2 is 1.82 bits per heavy atom. The highest BCUT2D eigenvalue weighted by Crippen LogP contribution is 2.36. The minimum absolute atomic E-state index is 0.00861. The Labute approximate surface area is 218 Å². The third-order valence-corrected chi connectivity index (χ3v) is 6.31. The number of methoxy groups -OCH3 is 1. The zero-order valence-electron chi connectivity index (χ0n) is 20.8. The SMILES string of the molecule is C/C=C1\[C@H](O[C@H]2O[C@@H](CO)[C@@H](O)[C@H](O)[C@@H]2O)OC=C(C(=O)OCCc2ccc(O)c(O)c2)[C@H]1CC(=O)OC. The number of esters is 2. The van der Waals surface area contributed by atoms with Crippen molar-refractivity contribution in [2.45, 2.75) is 56.8 Å². The van der Waals surface area contributed by atoms with E-state index < -0.39 is 61.5 Å². The first-order valence-corrected chi connectivity index (χ1v) is 11.8. The van der Waals surface area contributed by atoms with Gasteiger partial charge in [0.15, 0.2) is 17.8 Å². The number of ether oxygens (including phenoxy) is 5. The van der Waals surface area contributed by atoms with Gasteiger partial charge in [0.05, 0.1) is 38.6 Å². The lowest BCUT2D eigenvalue weighted by Gasteiger charge is -2.41. The van der Waals surface area contributed by atoms with Gasteiger partial charge in [0.1, 0.15) is 24.4 Å². The molecule has 2 aliphatic rings. The van der Waals surface area contributed by atoms with E-state index in [2.05, 4.69) is 0 Å². The fourth-order valence-electron chi connectivity index (χ4n) is 4.13. The van der Waals surface area contributed by atoms with E-state index in [4.69, 9.17) is 23.7 Å². The number of hydrogen-bond acceptors (Lipinski definition) is 13. The molecule has 13 nitrogen and oxygen atoms in total. The minimum atomic E-state index is -1.69. The summed E-state index contributed by atoms with van der Waals surface area (Å²) in [6, 6.07) is 4.21. The average molecular weight is 541 g/mol. The van der Waals surface area contributed by atoms with Crippen molar-refractivity contribution < 1.29 is 63.9 Å². The Kier molecular flexibility index (Phi) is 10.1. The molecular formula is C25H32O13. The summed E-state index contributed by atoms with van der Waals surface area (Å²) >= 11 is 0. The van der Waals surface area contributed by atoms with Crippen molar-refractivity contribution >= 4 is 11.9 Å². The number of aromatic hydroxyl groups is 2. The maximum Gasteiger partial charge on any atom is 0.337 e. The smallest absolute Gasteiger partial charge is 0.337 e. The van der Waals surface area contributed by atoms with Gasteiger partial charge in [-0.25, -0.2) is 4.79 Å². The Balaban J connectivity index is 1.75. The van der Waals surface area contributed by atoms with Gasteiger partial charge in [0, 0.05) is 17.9 Å². The summed E-state index contributed by atoms with van der Waals surface area (Å²) in [6.07, 6.45) is -6.39. The van der Waals surface area contributed by atoms with Crippen LogP contribution in [0.1, 0.15) is 18.9 Å². The Bertz CT molecular complexity index is 1050. The lowest BCUT2D eigenvalue weighted by molar-refractivity contribution is -0.327. The molecule has 0 spiro atoms. The van der Waals surface area contributed by atoms with Crippen LogP contribution in [0.15, 0.2) is 41.7 Å². The Hall–Kier alpha value is -3.20. The van der Waals surface area contributed by atoms with E-state index >= 15 is 0 Å². The molecular weight excluding hydrogens is 508 g/mol. The summed E-state index contributed by atoms with van der Waals surface area (Å²) in [6.45, 7) is 0.872. The molecule has 0 bridgehead atoms. The molecule has 7 atom stereocenters. The van der Waals surface area contributed by atoms with Crippen LogP contribution >= 0.6 is 0 Å². The van der Waals surface area contributed by atoms with Crippen molar-refractivity contribution in [2.75, 3.05) is 20.3 Å². The standard InChI is InChI=1S/C25H32O13/c1-3-13-14(9-19(29)34-2)15(23(33)35-7-6-12-4-5-16(27)17(28)8-12)11-36-24(13)38-25-22(32)21(31)20(30)18(10-26)37-25/h3-5,8,11,14,18,20-22,24-28,30-32H,6-7,9-10H2,1-2H3/b13-3-/t14-,18-,20+,21-,22-,24-,25+/m0/s1. The van der Waals surface area contributed by atoms with Gasteiger partial charge in [-0.05, 0) is 24.6 Å². The lowest BCUT2D eigenvalue weighted by atomic mass is 9.86. The molecule has 2 aliphatic heterocycles. The second kappa shape index (κ2) is 13.0. The van der Waals surface area contributed by atoms with Crippen molar-refractivity contribution in [2.24, 2.45) is 5.92 Å². The predicted molar refractivity (Wildman–Crippen MR) is 126 cm³/mol. The maximum absolute atomic E-state index is 12.9. The first kappa shape index (κ1) is 29.4. The molecule has 1 aromatic carbocycles. The summed E-state index contributed by atoms with van der Waals surface area (Å²) in [4.78, 5) is 25.1. The summed E-state index contributed by atoms with van der Waals surface area (Å²) in [5, 5.41) is 58.8. The van der Waals surface area contributed by atoms with Gasteiger partial charge in [-0.1, -0.05) is 12.1 Å². The highest BCUT2D eigenvalue weighted by Gasteiger charge is 2.46. The summed E-state index contributed by atoms with van der Waals surface area (Å²) in [7, 11) is 1.19. The lowest BCUT2D eigenvalue weighted by Crippen LogP contribution is -2.60. The third kappa shape index (κ3) is 6.62. The van der Waals surface area contributed by atoms with Crippen LogP contribution in [0.3, 0.4) is 0 Å². The molecule has 1 fully saturated rings. The number of phenols is 2. The fraction of sp³-hybridized carbons (Fsp3) is 0.520. The van der Waals surface area contributed by atoms with E-state index in [9.17, 15) is 40.2 Å². The third-order valence-electron chi connectivity index (χ3n) is 6.31. The number of allylic oxidation sites excluding steroid dienone is 1. The molecule has 0 radical (unpaired) electrons. The number of aliphatic hydroxyl groups excluding tert-OH is 4. The van der Waals surface area contributed by atoms with Crippen LogP contribution < -0.4 is 0 Å². The fourth-order valence-corrected chi connectivity index (χ4v) is 4.13. The van der Waals surface area contributed by atoms with Crippen LogP contribution in [0.4, 0.5) is 0 Å². The number of aliphatic hydroxyl groups is 4. The van der Waals surface area contributed by atoms with Crippen molar-refractivity contribution in [1.29, 1.82) is 0 Å². The monoisotopic (exact) mass is 540 g/mol. The molecule has 0 aromatic heterocycles. The average Bonchev–Trinajstić information content (AvgIpc) is 2.90. The van der Waals surface area contributed by atoms with E-state index in [1.54, 1.807) is 19.1 Å². The molecule has 0 aliphatic carbocycles. The molecule has 38 heavy (non-hydrogen) atoms. The van der Waals surface area contributed by atoms with Crippen LogP contribution in [0.25, 0.3) is 0 Å². The quantitative estimate of drug-likeness (QED) is 0.131. The van der Waals surface area contributed by atoms with E-state index in [-0.39, 0.29) is 36.5 Å². The minimum Gasteiger partial charge on any atom is -0.504 e. The number of benzene rings is 1. The highest BCUT2D eigenvalue weighted by molar-refractivity contribution is 5.90. The van der Waals surface area contributed by atoms with E-state index in [1.807, 2.05) is 0 Å². The Morgan fingerprint density at radius 3 is 2.45 bits per heavy atom. The normalized spacial score (nSPS) is 30.3. The molecule has 0 amide bonds. The molecule has 0 saturated carbocycles. The zero-order chi connectivity index (χ0) is 28.0. The highest BCUT2D eigenvalue weighted by atomic mass is 16.8. The Morgan fingerprint density at radius 1 is 1.08 bits per heavy atom. The summed E-state index contributed by atoms with van der Waals surface area (Å²) in [5.41, 5.74) is 0.895. The van der Waals surface area contributed by atoms with Gasteiger partial charge < -0.3 is 54.3 Å². The van der Waals surface area contributed by atoms with Crippen molar-refractivity contribution in [3.8, 4) is 11.5 Å². The van der Waals surface area contributed by atoms with Gasteiger partial charge in [-0.2, -0.15) is 0 Å². The molecule has 13 heteroatoms. The number of carbonyl (C=O) groups is 2. The zero-order valence-corrected chi connectivity index (χ0v) is 20.8. The van der Waals surface area contributed by atoms with Crippen LogP contribution in [0, 0.1) is 5.92 Å². The number of phenolic OH excluding ortho intramolecular Hbond substituents is 2. The number of hydrogen-bond donors (Lipinski definition) is 6. The predicted octanol–water partition coefficient (Wildman–Crippen LogP) is -0.634. The van der Waals surface area contributed by atoms with Gasteiger partial charge in [-0.15, -0.1) is 0 Å². The molecule has 0 unspecified atom stereocenters. The molecule has 210 valence electrons. The van der Waals surface area contributed by atoms with E-state index in [0.29, 0.717) is 11.1 Å². The van der Waals surface area contributed by atoms with Crippen LogP contribution in [-0.4, -0.2) is 99.9 Å². The molecule has 1 aromatic rings. The topological polar surface area (TPSA) is 202 Å². The van der Waals surface area contributed by atoms with E-state index in [1.165, 1.54) is 19.2 Å². The van der Waals surface area contributed by atoms with Gasteiger partial charge in [0.25, 0.3) is 0 Å². The second-order valence-corrected chi connectivity index (χ2v) is 8.71. The molecule has 6 N–H and O–H groups in total. The first-order chi connectivity index (χ1) is 18.1. The van der Waals surface area contributed by atoms with Gasteiger partial charge >= 0.3 is 11.9 Å². The maximum atomic E-state index is 12.9. The second-order valence-electron chi connectivity index (χ2n) is 8.71. The van der Waals surface area contributed by atoms with Crippen LogP contribution in [0.5, 0.6) is 11.5 Å². The number of rotatable bonds is 9. The molecule has 1 saturated heterocycles. The van der Waals surface area contributed by atoms with E-state index in [0.717, 1.165) is 6.26 Å². The van der Waals surface area contributed by atoms with Crippen molar-refractivity contribution in [3.05, 3.63) is 47.2 Å². The van der Waals surface area contributed by atoms with Gasteiger partial charge in [-0.3, -0.25) is 4.79 Å². The largest absolute Gasteiger partial charge is 0.504 e. The van der Waals surface area contributed by atoms with Crippen LogP contribution in [0.2, 0.25) is 0 Å². The van der Waals surface area contributed by atoms with Crippen molar-refractivity contribution in [3.63, 3.8) is 0 Å². The van der Waals surface area contributed by atoms with Crippen LogP contribution in [-0.2, 0) is 39.7 Å². The summed E-state index contributed by atoms with van der Waals surface area (Å²) in [5.74, 6) is -2.91. The molecule has 2 heterocycles.